The van der Waals surface area contributed by atoms with Crippen molar-refractivity contribution in [2.24, 2.45) is 0 Å². The Hall–Kier alpha value is -0.160. The van der Waals surface area contributed by atoms with Gasteiger partial charge < -0.3 is 0 Å². The molecule has 2 unspecified atom stereocenters. The Morgan fingerprint density at radius 2 is 1.17 bits per heavy atom. The van der Waals surface area contributed by atoms with Crippen LogP contribution in [0.3, 0.4) is 0 Å². The first-order valence-electron chi connectivity index (χ1n) is 7.57. The molecule has 0 bridgehead atoms. The normalized spacial score (nSPS) is 31.3. The molecule has 2 saturated heterocycles. The lowest BCUT2D eigenvalue weighted by Gasteiger charge is -2.27. The van der Waals surface area contributed by atoms with E-state index in [1.807, 2.05) is 0 Å². The Balaban J connectivity index is 1.99. The number of unbranched alkanes of at least 4 members (excludes halogenated alkanes) is 2. The number of hydrogen-bond acceptors (Lipinski definition) is 4. The molecular weight excluding hydrogens is 224 g/mol. The van der Waals surface area contributed by atoms with E-state index < -0.39 is 0 Å². The number of fused-ring (bicyclic) bond motifs is 1. The minimum Gasteiger partial charge on any atom is -0.275 e. The molecule has 0 spiro atoms. The van der Waals surface area contributed by atoms with E-state index in [-0.39, 0.29) is 0 Å². The predicted molar refractivity (Wildman–Crippen MR) is 76.1 cm³/mol. The van der Waals surface area contributed by atoms with Crippen molar-refractivity contribution < 1.29 is 0 Å². The summed E-state index contributed by atoms with van der Waals surface area (Å²) in [5, 5.41) is 0. The molecule has 2 atom stereocenters. The molecule has 106 valence electrons. The molecule has 4 nitrogen and oxygen atoms in total. The summed E-state index contributed by atoms with van der Waals surface area (Å²) in [5.74, 6) is 0. The smallest absolute Gasteiger partial charge is 0.0940 e. The third-order valence-corrected chi connectivity index (χ3v) is 4.33. The molecule has 2 aliphatic rings. The summed E-state index contributed by atoms with van der Waals surface area (Å²) in [6, 6.07) is 0. The van der Waals surface area contributed by atoms with E-state index in [4.69, 9.17) is 0 Å². The molecular formula is C14H30N4. The van der Waals surface area contributed by atoms with E-state index in [0.29, 0.717) is 12.3 Å². The topological polar surface area (TPSA) is 13.0 Å². The Bertz CT molecular complexity index is 232. The van der Waals surface area contributed by atoms with Crippen LogP contribution in [0, 0.1) is 0 Å². The number of nitrogens with zero attached hydrogens (tertiary/aromatic N) is 4. The van der Waals surface area contributed by atoms with Gasteiger partial charge in [-0.05, 0) is 26.9 Å². The average molecular weight is 254 g/mol. The van der Waals surface area contributed by atoms with Gasteiger partial charge in [0.25, 0.3) is 0 Å². The van der Waals surface area contributed by atoms with Crippen molar-refractivity contribution in [2.75, 3.05) is 40.5 Å². The molecule has 4 heteroatoms. The second-order valence-corrected chi connectivity index (χ2v) is 5.96. The van der Waals surface area contributed by atoms with Gasteiger partial charge in [-0.15, -0.1) is 0 Å². The monoisotopic (exact) mass is 254 g/mol. The third kappa shape index (κ3) is 2.72. The van der Waals surface area contributed by atoms with Crippen molar-refractivity contribution in [1.29, 1.82) is 0 Å². The molecule has 0 N–H and O–H groups in total. The molecule has 0 aromatic carbocycles. The summed E-state index contributed by atoms with van der Waals surface area (Å²) in [6.45, 7) is 9.30. The molecule has 2 aliphatic heterocycles. The lowest BCUT2D eigenvalue weighted by molar-refractivity contribution is 0.107. The van der Waals surface area contributed by atoms with Gasteiger partial charge in [-0.25, -0.2) is 0 Å². The van der Waals surface area contributed by atoms with Crippen molar-refractivity contribution in [2.45, 2.75) is 51.9 Å². The van der Waals surface area contributed by atoms with Crippen LogP contribution in [0.1, 0.15) is 39.5 Å². The lowest BCUT2D eigenvalue weighted by Crippen LogP contribution is -2.44. The highest BCUT2D eigenvalue weighted by Crippen LogP contribution is 2.30. The van der Waals surface area contributed by atoms with Crippen LogP contribution in [0.2, 0.25) is 0 Å². The summed E-state index contributed by atoms with van der Waals surface area (Å²) in [7, 11) is 4.56. The number of rotatable bonds is 6. The molecule has 0 saturated carbocycles. The first-order chi connectivity index (χ1) is 8.69. The summed E-state index contributed by atoms with van der Waals surface area (Å²) in [4.78, 5) is 10.4. The second kappa shape index (κ2) is 6.33. The van der Waals surface area contributed by atoms with Crippen molar-refractivity contribution in [3.63, 3.8) is 0 Å². The van der Waals surface area contributed by atoms with Gasteiger partial charge in [0, 0.05) is 13.1 Å². The maximum Gasteiger partial charge on any atom is 0.0940 e. The van der Waals surface area contributed by atoms with Crippen molar-refractivity contribution >= 4 is 0 Å². The zero-order valence-electron chi connectivity index (χ0n) is 12.6. The molecule has 0 radical (unpaired) electrons. The molecule has 2 rings (SSSR count). The van der Waals surface area contributed by atoms with Gasteiger partial charge in [-0.2, -0.15) is 0 Å². The van der Waals surface area contributed by atoms with Gasteiger partial charge in [-0.1, -0.05) is 26.7 Å². The zero-order valence-corrected chi connectivity index (χ0v) is 12.6. The molecule has 0 amide bonds. The van der Waals surface area contributed by atoms with Gasteiger partial charge in [0.1, 0.15) is 0 Å². The maximum absolute atomic E-state index is 2.65. The molecule has 18 heavy (non-hydrogen) atoms. The summed E-state index contributed by atoms with van der Waals surface area (Å²) >= 11 is 0. The first kappa shape index (κ1) is 14.3. The lowest BCUT2D eigenvalue weighted by atomic mass is 10.2. The van der Waals surface area contributed by atoms with Crippen LogP contribution < -0.4 is 0 Å². The second-order valence-electron chi connectivity index (χ2n) is 5.96. The van der Waals surface area contributed by atoms with E-state index in [9.17, 15) is 0 Å². The Labute approximate surface area is 113 Å². The van der Waals surface area contributed by atoms with Gasteiger partial charge in [0.05, 0.1) is 25.7 Å². The fraction of sp³-hybridized carbons (Fsp3) is 1.00. The van der Waals surface area contributed by atoms with E-state index >= 15 is 0 Å². The van der Waals surface area contributed by atoms with E-state index in [1.54, 1.807) is 0 Å². The third-order valence-electron chi connectivity index (χ3n) is 4.33. The highest BCUT2D eigenvalue weighted by Gasteiger charge is 2.48. The highest BCUT2D eigenvalue weighted by molar-refractivity contribution is 4.95. The first-order valence-corrected chi connectivity index (χ1v) is 7.57. The summed E-state index contributed by atoms with van der Waals surface area (Å²) in [6.07, 6.45) is 6.44. The molecule has 2 heterocycles. The minimum absolute atomic E-state index is 0.610. The van der Waals surface area contributed by atoms with Gasteiger partial charge in [0.15, 0.2) is 0 Å². The Morgan fingerprint density at radius 1 is 0.778 bits per heavy atom. The van der Waals surface area contributed by atoms with Crippen LogP contribution in [-0.4, -0.2) is 72.5 Å². The van der Waals surface area contributed by atoms with Gasteiger partial charge in [0.2, 0.25) is 0 Å². The van der Waals surface area contributed by atoms with Crippen LogP contribution in [0.4, 0.5) is 0 Å². The van der Waals surface area contributed by atoms with E-state index in [0.717, 1.165) is 13.3 Å². The molecule has 0 aliphatic carbocycles. The summed E-state index contributed by atoms with van der Waals surface area (Å²) in [5.41, 5.74) is 0. The Kier molecular flexibility index (Phi) is 5.01. The van der Waals surface area contributed by atoms with Gasteiger partial charge in [-0.3, -0.25) is 19.6 Å². The number of likely N-dealkylation sites (N-methyl/N-ethyl adjacent to an activating group) is 2. The predicted octanol–water partition coefficient (Wildman–Crippen LogP) is 1.65. The van der Waals surface area contributed by atoms with Crippen molar-refractivity contribution in [3.05, 3.63) is 0 Å². The highest BCUT2D eigenvalue weighted by atomic mass is 15.6. The van der Waals surface area contributed by atoms with Crippen LogP contribution in [-0.2, 0) is 0 Å². The average Bonchev–Trinajstić information content (AvgIpc) is 2.85. The van der Waals surface area contributed by atoms with Crippen molar-refractivity contribution in [3.8, 4) is 0 Å². The molecule has 2 fully saturated rings. The minimum atomic E-state index is 0.610. The van der Waals surface area contributed by atoms with Crippen LogP contribution in [0.25, 0.3) is 0 Å². The van der Waals surface area contributed by atoms with E-state index in [1.165, 1.54) is 38.8 Å². The van der Waals surface area contributed by atoms with E-state index in [2.05, 4.69) is 47.5 Å². The van der Waals surface area contributed by atoms with Crippen LogP contribution in [0.15, 0.2) is 0 Å². The zero-order chi connectivity index (χ0) is 13.1. The standard InChI is InChI=1S/C14H30N4/c1-5-7-9-17-11-15(3)14-13(17)16(4)12-18(14)10-8-6-2/h13-14H,5-12H2,1-4H3. The quantitative estimate of drug-likeness (QED) is 0.714. The Morgan fingerprint density at radius 3 is 1.50 bits per heavy atom. The largest absolute Gasteiger partial charge is 0.275 e. The van der Waals surface area contributed by atoms with Crippen LogP contribution in [0.5, 0.6) is 0 Å². The molecule has 0 aromatic rings. The molecule has 0 aromatic heterocycles. The fourth-order valence-electron chi connectivity index (χ4n) is 3.43. The van der Waals surface area contributed by atoms with Gasteiger partial charge >= 0.3 is 0 Å². The maximum atomic E-state index is 2.65. The fourth-order valence-corrected chi connectivity index (χ4v) is 3.43. The number of hydrogen-bond donors (Lipinski definition) is 0. The van der Waals surface area contributed by atoms with Crippen molar-refractivity contribution in [1.82, 2.24) is 19.6 Å². The van der Waals surface area contributed by atoms with Crippen LogP contribution >= 0.6 is 0 Å². The summed E-state index contributed by atoms with van der Waals surface area (Å²) < 4.78 is 0. The SMILES string of the molecule is CCCCN1CN(C)C2C1N(C)CN2CCCC.